The van der Waals surface area contributed by atoms with Crippen molar-refractivity contribution in [2.75, 3.05) is 13.1 Å². The minimum Gasteiger partial charge on any atom is -0.311 e. The number of nitrogens with zero attached hydrogens (tertiary/aromatic N) is 1. The summed E-state index contributed by atoms with van der Waals surface area (Å²) < 4.78 is 0. The largest absolute Gasteiger partial charge is 0.311 e. The second-order valence-electron chi connectivity index (χ2n) is 7.56. The number of piperazine rings is 1. The van der Waals surface area contributed by atoms with E-state index in [2.05, 4.69) is 75.2 Å². The summed E-state index contributed by atoms with van der Waals surface area (Å²) in [5.74, 6) is 0. The van der Waals surface area contributed by atoms with E-state index in [4.69, 9.17) is 0 Å². The molecule has 3 atom stereocenters. The fraction of sp³-hybridized carbons (Fsp3) is 0.684. The van der Waals surface area contributed by atoms with Gasteiger partial charge in [-0.15, -0.1) is 0 Å². The zero-order valence-corrected chi connectivity index (χ0v) is 14.4. The van der Waals surface area contributed by atoms with Crippen molar-refractivity contribution in [2.24, 2.45) is 5.41 Å². The predicted molar refractivity (Wildman–Crippen MR) is 91.5 cm³/mol. The lowest BCUT2D eigenvalue weighted by atomic mass is 9.84. The van der Waals surface area contributed by atoms with Gasteiger partial charge in [0.25, 0.3) is 0 Å². The van der Waals surface area contributed by atoms with Gasteiger partial charge in [0.1, 0.15) is 0 Å². The SMILES string of the molecule is CCCC1CN(C(C)C(C)(C)C)C(c2ccccc2)CN1. The van der Waals surface area contributed by atoms with Crippen LogP contribution in [0.15, 0.2) is 30.3 Å². The Bertz CT molecular complexity index is 421. The Balaban J connectivity index is 2.22. The maximum absolute atomic E-state index is 3.76. The van der Waals surface area contributed by atoms with Crippen molar-refractivity contribution in [1.29, 1.82) is 0 Å². The zero-order chi connectivity index (χ0) is 15.5. The monoisotopic (exact) mass is 288 g/mol. The van der Waals surface area contributed by atoms with Gasteiger partial charge in [-0.05, 0) is 24.3 Å². The van der Waals surface area contributed by atoms with Crippen LogP contribution in [0.25, 0.3) is 0 Å². The molecular formula is C19H32N2. The summed E-state index contributed by atoms with van der Waals surface area (Å²) in [7, 11) is 0. The van der Waals surface area contributed by atoms with Crippen molar-refractivity contribution in [1.82, 2.24) is 10.2 Å². The molecule has 2 heteroatoms. The van der Waals surface area contributed by atoms with E-state index < -0.39 is 0 Å². The van der Waals surface area contributed by atoms with E-state index in [0.29, 0.717) is 23.5 Å². The molecule has 118 valence electrons. The van der Waals surface area contributed by atoms with Crippen LogP contribution in [0.2, 0.25) is 0 Å². The lowest BCUT2D eigenvalue weighted by Gasteiger charge is -2.48. The van der Waals surface area contributed by atoms with Gasteiger partial charge in [-0.25, -0.2) is 0 Å². The van der Waals surface area contributed by atoms with Crippen LogP contribution in [0.3, 0.4) is 0 Å². The summed E-state index contributed by atoms with van der Waals surface area (Å²) >= 11 is 0. The van der Waals surface area contributed by atoms with Gasteiger partial charge in [-0.3, -0.25) is 4.90 Å². The quantitative estimate of drug-likeness (QED) is 0.891. The van der Waals surface area contributed by atoms with Crippen molar-refractivity contribution in [2.45, 2.75) is 65.6 Å². The number of nitrogens with one attached hydrogen (secondary N) is 1. The first-order chi connectivity index (χ1) is 9.93. The molecule has 2 nitrogen and oxygen atoms in total. The van der Waals surface area contributed by atoms with Gasteiger partial charge in [0.2, 0.25) is 0 Å². The highest BCUT2D eigenvalue weighted by Gasteiger charge is 2.36. The Kier molecular flexibility index (Phi) is 5.45. The Labute approximate surface area is 130 Å². The molecule has 0 amide bonds. The third-order valence-corrected chi connectivity index (χ3v) is 5.00. The van der Waals surface area contributed by atoms with Gasteiger partial charge < -0.3 is 5.32 Å². The van der Waals surface area contributed by atoms with Gasteiger partial charge in [0, 0.05) is 31.2 Å². The van der Waals surface area contributed by atoms with Crippen LogP contribution in [0.4, 0.5) is 0 Å². The average molecular weight is 288 g/mol. The van der Waals surface area contributed by atoms with E-state index in [1.807, 2.05) is 0 Å². The standard InChI is InChI=1S/C19H32N2/c1-6-10-17-14-21(15(2)19(3,4)5)18(13-20-17)16-11-8-7-9-12-16/h7-9,11-12,15,17-18,20H,6,10,13-14H2,1-5H3. The van der Waals surface area contributed by atoms with Crippen LogP contribution in [-0.4, -0.2) is 30.1 Å². The van der Waals surface area contributed by atoms with Gasteiger partial charge in [-0.1, -0.05) is 64.4 Å². The summed E-state index contributed by atoms with van der Waals surface area (Å²) in [5, 5.41) is 3.76. The number of hydrogen-bond donors (Lipinski definition) is 1. The molecule has 1 heterocycles. The number of hydrogen-bond acceptors (Lipinski definition) is 2. The van der Waals surface area contributed by atoms with Crippen molar-refractivity contribution in [3.8, 4) is 0 Å². The molecule has 1 saturated heterocycles. The minimum absolute atomic E-state index is 0.307. The smallest absolute Gasteiger partial charge is 0.0476 e. The molecule has 0 aliphatic carbocycles. The molecule has 1 aliphatic heterocycles. The van der Waals surface area contributed by atoms with Gasteiger partial charge in [0.05, 0.1) is 0 Å². The van der Waals surface area contributed by atoms with Crippen LogP contribution < -0.4 is 5.32 Å². The van der Waals surface area contributed by atoms with Crippen LogP contribution in [0, 0.1) is 5.41 Å². The maximum atomic E-state index is 3.76. The molecule has 2 rings (SSSR count). The zero-order valence-electron chi connectivity index (χ0n) is 14.4. The molecule has 1 N–H and O–H groups in total. The molecule has 0 spiro atoms. The molecule has 0 bridgehead atoms. The lowest BCUT2D eigenvalue weighted by Crippen LogP contribution is -2.57. The third kappa shape index (κ3) is 4.08. The van der Waals surface area contributed by atoms with E-state index >= 15 is 0 Å². The molecule has 1 fully saturated rings. The van der Waals surface area contributed by atoms with E-state index in [1.54, 1.807) is 0 Å². The van der Waals surface area contributed by atoms with E-state index in [0.717, 1.165) is 13.1 Å². The van der Waals surface area contributed by atoms with Crippen LogP contribution in [0.5, 0.6) is 0 Å². The maximum Gasteiger partial charge on any atom is 0.0476 e. The molecule has 21 heavy (non-hydrogen) atoms. The van der Waals surface area contributed by atoms with E-state index in [-0.39, 0.29) is 0 Å². The van der Waals surface area contributed by atoms with Crippen LogP contribution >= 0.6 is 0 Å². The molecular weight excluding hydrogens is 256 g/mol. The first-order valence-corrected chi connectivity index (χ1v) is 8.47. The molecule has 1 aliphatic rings. The summed E-state index contributed by atoms with van der Waals surface area (Å²) in [6.45, 7) is 14.0. The highest BCUT2D eigenvalue weighted by atomic mass is 15.3. The van der Waals surface area contributed by atoms with Crippen LogP contribution in [-0.2, 0) is 0 Å². The molecule has 1 aromatic carbocycles. The Morgan fingerprint density at radius 2 is 1.90 bits per heavy atom. The van der Waals surface area contributed by atoms with Gasteiger partial charge in [-0.2, -0.15) is 0 Å². The highest BCUT2D eigenvalue weighted by molar-refractivity contribution is 5.20. The topological polar surface area (TPSA) is 15.3 Å². The van der Waals surface area contributed by atoms with Gasteiger partial charge in [0.15, 0.2) is 0 Å². The van der Waals surface area contributed by atoms with Crippen molar-refractivity contribution in [3.63, 3.8) is 0 Å². The second kappa shape index (κ2) is 6.93. The first-order valence-electron chi connectivity index (χ1n) is 8.47. The minimum atomic E-state index is 0.307. The Morgan fingerprint density at radius 3 is 2.48 bits per heavy atom. The fourth-order valence-electron chi connectivity index (χ4n) is 3.29. The lowest BCUT2D eigenvalue weighted by molar-refractivity contribution is 0.0332. The second-order valence-corrected chi connectivity index (χ2v) is 7.56. The normalized spacial score (nSPS) is 25.8. The molecule has 3 unspecified atom stereocenters. The first kappa shape index (κ1) is 16.5. The molecule has 0 radical (unpaired) electrons. The predicted octanol–water partition coefficient (Wildman–Crippen LogP) is 4.24. The van der Waals surface area contributed by atoms with Crippen LogP contribution in [0.1, 0.15) is 59.1 Å². The summed E-state index contributed by atoms with van der Waals surface area (Å²) in [6.07, 6.45) is 2.53. The fourth-order valence-corrected chi connectivity index (χ4v) is 3.29. The molecule has 0 saturated carbocycles. The van der Waals surface area contributed by atoms with E-state index in [1.165, 1.54) is 18.4 Å². The summed E-state index contributed by atoms with van der Waals surface area (Å²) in [6, 6.07) is 12.7. The number of benzene rings is 1. The third-order valence-electron chi connectivity index (χ3n) is 5.00. The Hall–Kier alpha value is -0.860. The van der Waals surface area contributed by atoms with E-state index in [9.17, 15) is 0 Å². The Morgan fingerprint density at radius 1 is 1.24 bits per heavy atom. The summed E-state index contributed by atoms with van der Waals surface area (Å²) in [5.41, 5.74) is 1.75. The molecule has 0 aromatic heterocycles. The molecule has 1 aromatic rings. The van der Waals surface area contributed by atoms with Crippen molar-refractivity contribution in [3.05, 3.63) is 35.9 Å². The van der Waals surface area contributed by atoms with Crippen molar-refractivity contribution < 1.29 is 0 Å². The average Bonchev–Trinajstić information content (AvgIpc) is 2.47. The van der Waals surface area contributed by atoms with Gasteiger partial charge >= 0.3 is 0 Å². The highest BCUT2D eigenvalue weighted by Crippen LogP contribution is 2.33. The summed E-state index contributed by atoms with van der Waals surface area (Å²) in [4.78, 5) is 2.73. The number of rotatable bonds is 4. The van der Waals surface area contributed by atoms with Crippen molar-refractivity contribution >= 4 is 0 Å².